The molecule has 0 aromatic carbocycles. The topological polar surface area (TPSA) is 188 Å². The predicted molar refractivity (Wildman–Crippen MR) is 152 cm³/mol. The molecular weight excluding hydrogens is 530 g/mol. The third-order valence-electron chi connectivity index (χ3n) is 7.96. The molecule has 5 amide bonds. The first kappa shape index (κ1) is 34.0. The molecule has 12 nitrogen and oxygen atoms in total. The first-order valence-electron chi connectivity index (χ1n) is 14.9. The molecule has 1 heterocycles. The maximum atomic E-state index is 13.9. The molecule has 6 N–H and O–H groups in total. The SMILES string of the molecule is CC(C)CC(C(=O)NC(CC1CCC1)C(=O)C(N)=O)N1CCCCCCC(NC(=O)NC(C(=O)O)C(C)(C)C)C1=O. The van der Waals surface area contributed by atoms with Crippen LogP contribution in [-0.4, -0.2) is 76.2 Å². The monoisotopic (exact) mass is 579 g/mol. The Morgan fingerprint density at radius 3 is 2.12 bits per heavy atom. The fraction of sp³-hybridized carbons (Fsp3) is 0.793. The quantitative estimate of drug-likeness (QED) is 0.219. The number of hydrogen-bond donors (Lipinski definition) is 5. The molecule has 4 unspecified atom stereocenters. The van der Waals surface area contributed by atoms with E-state index < -0.39 is 65.1 Å². The highest BCUT2D eigenvalue weighted by Gasteiger charge is 2.39. The number of hydrogen-bond acceptors (Lipinski definition) is 6. The van der Waals surface area contributed by atoms with Crippen LogP contribution in [0.3, 0.4) is 0 Å². The molecule has 0 aromatic rings. The lowest BCUT2D eigenvalue weighted by Crippen LogP contribution is -2.60. The molecule has 4 atom stereocenters. The maximum absolute atomic E-state index is 13.9. The molecule has 12 heteroatoms. The minimum atomic E-state index is -1.19. The third kappa shape index (κ3) is 10.3. The van der Waals surface area contributed by atoms with Crippen LogP contribution >= 0.6 is 0 Å². The van der Waals surface area contributed by atoms with Crippen molar-refractivity contribution in [3.63, 3.8) is 0 Å². The molecule has 1 aliphatic carbocycles. The van der Waals surface area contributed by atoms with Crippen LogP contribution in [-0.2, 0) is 24.0 Å². The number of nitrogens with two attached hydrogens (primary N) is 1. The van der Waals surface area contributed by atoms with Crippen LogP contribution in [0, 0.1) is 17.3 Å². The Hall–Kier alpha value is -3.18. The fourth-order valence-corrected chi connectivity index (χ4v) is 5.40. The lowest BCUT2D eigenvalue weighted by molar-refractivity contribution is -0.144. The van der Waals surface area contributed by atoms with Gasteiger partial charge in [-0.15, -0.1) is 0 Å². The second-order valence-electron chi connectivity index (χ2n) is 13.0. The zero-order valence-corrected chi connectivity index (χ0v) is 25.2. The van der Waals surface area contributed by atoms with E-state index in [1.54, 1.807) is 20.8 Å². The normalized spacial score (nSPS) is 20.9. The zero-order chi connectivity index (χ0) is 30.9. The first-order valence-corrected chi connectivity index (χ1v) is 14.9. The van der Waals surface area contributed by atoms with Gasteiger partial charge < -0.3 is 31.7 Å². The summed E-state index contributed by atoms with van der Waals surface area (Å²) in [6.45, 7) is 9.19. The van der Waals surface area contributed by atoms with E-state index in [0.717, 1.165) is 32.1 Å². The number of carboxylic acids is 1. The van der Waals surface area contributed by atoms with Crippen molar-refractivity contribution in [2.75, 3.05) is 6.54 Å². The van der Waals surface area contributed by atoms with E-state index in [9.17, 15) is 33.9 Å². The summed E-state index contributed by atoms with van der Waals surface area (Å²) in [6, 6.07) is -4.92. The highest BCUT2D eigenvalue weighted by atomic mass is 16.4. The van der Waals surface area contributed by atoms with Crippen LogP contribution in [0.25, 0.3) is 0 Å². The Labute approximate surface area is 242 Å². The van der Waals surface area contributed by atoms with Crippen LogP contribution in [0.15, 0.2) is 0 Å². The molecule has 0 bridgehead atoms. The van der Waals surface area contributed by atoms with Gasteiger partial charge in [0.25, 0.3) is 5.91 Å². The Morgan fingerprint density at radius 1 is 0.976 bits per heavy atom. The molecule has 232 valence electrons. The Morgan fingerprint density at radius 2 is 1.61 bits per heavy atom. The summed E-state index contributed by atoms with van der Waals surface area (Å²) in [4.78, 5) is 78.1. The van der Waals surface area contributed by atoms with E-state index in [1.807, 2.05) is 13.8 Å². The van der Waals surface area contributed by atoms with Crippen molar-refractivity contribution in [3.8, 4) is 0 Å². The number of urea groups is 1. The molecule has 2 rings (SSSR count). The number of rotatable bonds is 12. The van der Waals surface area contributed by atoms with Crippen molar-refractivity contribution >= 4 is 35.5 Å². The zero-order valence-electron chi connectivity index (χ0n) is 25.2. The van der Waals surface area contributed by atoms with E-state index in [4.69, 9.17) is 5.73 Å². The number of carbonyl (C=O) groups excluding carboxylic acids is 5. The molecule has 1 saturated heterocycles. The number of nitrogens with zero attached hydrogens (tertiary/aromatic N) is 1. The standard InChI is InChI=1S/C29H49N5O7/c1-17(2)15-21(25(37)31-20(22(35)24(30)36)16-18-11-10-12-18)34-14-9-7-6-8-13-19(26(34)38)32-28(41)33-23(27(39)40)29(3,4)5/h17-21,23H,6-16H2,1-5H3,(H2,30,36)(H,31,37)(H,39,40)(H2,32,33,41). The van der Waals surface area contributed by atoms with Gasteiger partial charge in [-0.2, -0.15) is 0 Å². The lowest BCUT2D eigenvalue weighted by Gasteiger charge is -2.36. The van der Waals surface area contributed by atoms with Gasteiger partial charge in [-0.1, -0.05) is 73.1 Å². The minimum absolute atomic E-state index is 0.0147. The smallest absolute Gasteiger partial charge is 0.326 e. The van der Waals surface area contributed by atoms with Gasteiger partial charge in [0.1, 0.15) is 18.1 Å². The summed E-state index contributed by atoms with van der Waals surface area (Å²) in [5.74, 6) is -3.90. The van der Waals surface area contributed by atoms with E-state index >= 15 is 0 Å². The Kier molecular flexibility index (Phi) is 12.6. The molecule has 1 aliphatic heterocycles. The van der Waals surface area contributed by atoms with E-state index in [0.29, 0.717) is 32.1 Å². The van der Waals surface area contributed by atoms with Crippen LogP contribution < -0.4 is 21.7 Å². The van der Waals surface area contributed by atoms with Crippen molar-refractivity contribution in [3.05, 3.63) is 0 Å². The van der Waals surface area contributed by atoms with Gasteiger partial charge in [0.2, 0.25) is 17.6 Å². The number of nitrogens with one attached hydrogen (secondary N) is 3. The van der Waals surface area contributed by atoms with Crippen molar-refractivity contribution in [2.45, 2.75) is 123 Å². The summed E-state index contributed by atoms with van der Waals surface area (Å²) in [7, 11) is 0. The van der Waals surface area contributed by atoms with Gasteiger partial charge in [0.05, 0.1) is 6.04 Å². The summed E-state index contributed by atoms with van der Waals surface area (Å²) in [6.07, 6.45) is 6.79. The number of amides is 5. The van der Waals surface area contributed by atoms with Gasteiger partial charge in [0.15, 0.2) is 0 Å². The molecule has 0 aromatic heterocycles. The number of carboxylic acid groups (broad SMARTS) is 1. The second kappa shape index (κ2) is 15.2. The second-order valence-corrected chi connectivity index (χ2v) is 13.0. The summed E-state index contributed by atoms with van der Waals surface area (Å²) in [5.41, 5.74) is 4.51. The van der Waals surface area contributed by atoms with E-state index in [2.05, 4.69) is 16.0 Å². The summed E-state index contributed by atoms with van der Waals surface area (Å²) < 4.78 is 0. The van der Waals surface area contributed by atoms with Gasteiger partial charge in [-0.25, -0.2) is 9.59 Å². The molecule has 0 radical (unpaired) electrons. The van der Waals surface area contributed by atoms with Crippen LogP contribution in [0.1, 0.15) is 98.8 Å². The lowest BCUT2D eigenvalue weighted by atomic mass is 9.80. The van der Waals surface area contributed by atoms with Crippen molar-refractivity contribution < 1.29 is 33.9 Å². The maximum Gasteiger partial charge on any atom is 0.326 e. The average molecular weight is 580 g/mol. The minimum Gasteiger partial charge on any atom is -0.480 e. The number of carbonyl (C=O) groups is 6. The summed E-state index contributed by atoms with van der Waals surface area (Å²) in [5, 5.41) is 17.5. The highest BCUT2D eigenvalue weighted by Crippen LogP contribution is 2.31. The van der Waals surface area contributed by atoms with Crippen LogP contribution in [0.5, 0.6) is 0 Å². The molecule has 1 saturated carbocycles. The van der Waals surface area contributed by atoms with Gasteiger partial charge in [-0.05, 0) is 42.9 Å². The summed E-state index contributed by atoms with van der Waals surface area (Å²) >= 11 is 0. The third-order valence-corrected chi connectivity index (χ3v) is 7.96. The van der Waals surface area contributed by atoms with Gasteiger partial charge >= 0.3 is 12.0 Å². The Balaban J connectivity index is 2.30. The molecule has 2 aliphatic rings. The van der Waals surface area contributed by atoms with Crippen molar-refractivity contribution in [2.24, 2.45) is 23.0 Å². The highest BCUT2D eigenvalue weighted by molar-refractivity contribution is 6.37. The van der Waals surface area contributed by atoms with Gasteiger partial charge in [-0.3, -0.25) is 19.2 Å². The molecular formula is C29H49N5O7. The van der Waals surface area contributed by atoms with Crippen LogP contribution in [0.2, 0.25) is 0 Å². The molecule has 2 fully saturated rings. The number of ketones is 1. The van der Waals surface area contributed by atoms with Crippen molar-refractivity contribution in [1.29, 1.82) is 0 Å². The van der Waals surface area contributed by atoms with Gasteiger partial charge in [0, 0.05) is 6.54 Å². The number of Topliss-reactive ketones (excluding diaryl/α,β-unsaturated/α-hetero) is 1. The molecule has 41 heavy (non-hydrogen) atoms. The fourth-order valence-electron chi connectivity index (χ4n) is 5.40. The predicted octanol–water partition coefficient (Wildman–Crippen LogP) is 2.09. The largest absolute Gasteiger partial charge is 0.480 e. The first-order chi connectivity index (χ1) is 19.1. The number of aliphatic carboxylic acids is 1. The van der Waals surface area contributed by atoms with Crippen LogP contribution in [0.4, 0.5) is 4.79 Å². The van der Waals surface area contributed by atoms with Crippen molar-refractivity contribution in [1.82, 2.24) is 20.9 Å². The Bertz CT molecular complexity index is 973. The number of primary amides is 1. The average Bonchev–Trinajstić information content (AvgIpc) is 2.92. The molecule has 0 spiro atoms. The van der Waals surface area contributed by atoms with E-state index in [1.165, 1.54) is 4.90 Å². The van der Waals surface area contributed by atoms with E-state index in [-0.39, 0.29) is 18.4 Å².